The van der Waals surface area contributed by atoms with E-state index in [1.165, 1.54) is 70.6 Å². The van der Waals surface area contributed by atoms with Crippen molar-refractivity contribution in [2.24, 2.45) is 0 Å². The van der Waals surface area contributed by atoms with Gasteiger partial charge in [-0.25, -0.2) is 0 Å². The van der Waals surface area contributed by atoms with Gasteiger partial charge < -0.3 is 34.0 Å². The van der Waals surface area contributed by atoms with Crippen molar-refractivity contribution >= 4 is 13.7 Å². The molecule has 0 aromatic carbocycles. The van der Waals surface area contributed by atoms with Gasteiger partial charge >= 0.3 is 0 Å². The number of phosphoric acid groups is 1. The molecule has 0 rings (SSSR count). The van der Waals surface area contributed by atoms with E-state index < -0.39 is 20.0 Å². The van der Waals surface area contributed by atoms with Crippen LogP contribution in [-0.4, -0.2) is 79.8 Å². The minimum Gasteiger partial charge on any atom is -0.756 e. The fourth-order valence-electron chi connectivity index (χ4n) is 5.87. The highest BCUT2D eigenvalue weighted by molar-refractivity contribution is 7.45. The number of carbonyl (C=O) groups is 1. The number of rotatable bonds is 38. The second-order valence-electron chi connectivity index (χ2n) is 15.9. The van der Waals surface area contributed by atoms with Crippen LogP contribution in [0.3, 0.4) is 0 Å². The van der Waals surface area contributed by atoms with Crippen LogP contribution in [-0.2, 0) is 18.4 Å². The normalized spacial score (nSPS) is 15.5. The number of carbonyl (C=O) groups excluding carboxylic acids is 1. The molecule has 54 heavy (non-hydrogen) atoms. The lowest BCUT2D eigenvalue weighted by Crippen LogP contribution is -2.46. The molecule has 3 N–H and O–H groups in total. The van der Waals surface area contributed by atoms with Gasteiger partial charge in [-0.15, -0.1) is 0 Å². The summed E-state index contributed by atoms with van der Waals surface area (Å²) in [7, 11) is 1.24. The predicted octanol–water partition coefficient (Wildman–Crippen LogP) is 10.0. The molecule has 316 valence electrons. The van der Waals surface area contributed by atoms with Crippen LogP contribution in [0.4, 0.5) is 0 Å². The maximum Gasteiger partial charge on any atom is 0.268 e. The first-order chi connectivity index (χ1) is 25.9. The smallest absolute Gasteiger partial charge is 0.268 e. The average Bonchev–Trinajstić information content (AvgIpc) is 3.11. The Balaban J connectivity index is 4.54. The molecule has 0 heterocycles. The summed E-state index contributed by atoms with van der Waals surface area (Å²) in [6.45, 7) is 4.50. The van der Waals surface area contributed by atoms with E-state index in [2.05, 4.69) is 55.6 Å². The molecule has 1 unspecified atom stereocenters. The van der Waals surface area contributed by atoms with Crippen LogP contribution in [0.1, 0.15) is 168 Å². The Kier molecular flexibility index (Phi) is 34.8. The van der Waals surface area contributed by atoms with Crippen LogP contribution in [0.2, 0.25) is 0 Å². The van der Waals surface area contributed by atoms with Gasteiger partial charge in [0.25, 0.3) is 7.82 Å². The molecule has 0 saturated carbocycles. The number of aliphatic hydroxyl groups excluding tert-OH is 2. The summed E-state index contributed by atoms with van der Waals surface area (Å²) in [5, 5.41) is 23.7. The lowest BCUT2D eigenvalue weighted by Gasteiger charge is -2.30. The number of nitrogens with one attached hydrogen (secondary N) is 1. The summed E-state index contributed by atoms with van der Waals surface area (Å²) in [4.78, 5) is 25.3. The third-order valence-electron chi connectivity index (χ3n) is 9.39. The quantitative estimate of drug-likeness (QED) is 0.0246. The van der Waals surface area contributed by atoms with E-state index in [0.717, 1.165) is 64.2 Å². The van der Waals surface area contributed by atoms with Crippen molar-refractivity contribution in [3.8, 4) is 0 Å². The van der Waals surface area contributed by atoms with Crippen LogP contribution in [0, 0.1) is 0 Å². The number of amides is 1. The first-order valence-electron chi connectivity index (χ1n) is 21.6. The van der Waals surface area contributed by atoms with Gasteiger partial charge in [0, 0.05) is 6.42 Å². The van der Waals surface area contributed by atoms with Gasteiger partial charge in [-0.2, -0.15) is 0 Å². The molecule has 9 nitrogen and oxygen atoms in total. The zero-order valence-electron chi connectivity index (χ0n) is 35.3. The number of quaternary nitrogens is 1. The van der Waals surface area contributed by atoms with Gasteiger partial charge in [0.15, 0.2) is 0 Å². The summed E-state index contributed by atoms with van der Waals surface area (Å²) in [5.74, 6) is -0.235. The first kappa shape index (κ1) is 52.4. The van der Waals surface area contributed by atoms with Crippen LogP contribution in [0.25, 0.3) is 0 Å². The molecule has 0 radical (unpaired) electrons. The molecule has 0 bridgehead atoms. The summed E-state index contributed by atoms with van der Waals surface area (Å²) in [6.07, 6.45) is 40.2. The molecule has 0 saturated heterocycles. The Bertz CT molecular complexity index is 1040. The molecule has 4 atom stereocenters. The Hall–Kier alpha value is -1.58. The molecule has 0 aliphatic rings. The second kappa shape index (κ2) is 35.8. The SMILES string of the molecule is CCCCCCCCCCCCCCCC[C@@H](O)[C@H](COP(=O)([O-])OCC[N+](C)(C)C)NC(=O)CCC/C=C\C/C=C\C/C=C\C/C=C\[C@H](O)CCCC. The van der Waals surface area contributed by atoms with Crippen LogP contribution in [0.5, 0.6) is 0 Å². The van der Waals surface area contributed by atoms with Crippen molar-refractivity contribution in [1.29, 1.82) is 0 Å². The Morgan fingerprint density at radius 2 is 1.19 bits per heavy atom. The average molecular weight is 783 g/mol. The van der Waals surface area contributed by atoms with E-state index in [1.807, 2.05) is 33.3 Å². The van der Waals surface area contributed by atoms with Gasteiger partial charge in [0.05, 0.1) is 46.0 Å². The van der Waals surface area contributed by atoms with E-state index in [-0.39, 0.29) is 31.6 Å². The van der Waals surface area contributed by atoms with E-state index >= 15 is 0 Å². The van der Waals surface area contributed by atoms with Crippen LogP contribution >= 0.6 is 7.82 Å². The summed E-state index contributed by atoms with van der Waals surface area (Å²) in [6, 6.07) is -0.841. The zero-order chi connectivity index (χ0) is 40.2. The Labute approximate surface area is 332 Å². The van der Waals surface area contributed by atoms with Gasteiger partial charge in [0.2, 0.25) is 5.91 Å². The number of hydrogen-bond donors (Lipinski definition) is 3. The summed E-state index contributed by atoms with van der Waals surface area (Å²) < 4.78 is 23.2. The van der Waals surface area contributed by atoms with Crippen molar-refractivity contribution < 1.29 is 38.0 Å². The lowest BCUT2D eigenvalue weighted by atomic mass is 10.0. The number of nitrogens with zero attached hydrogens (tertiary/aromatic N) is 1. The maximum absolute atomic E-state index is 12.8. The number of allylic oxidation sites excluding steroid dienone is 7. The molecular weight excluding hydrogens is 699 g/mol. The van der Waals surface area contributed by atoms with Crippen molar-refractivity contribution in [3.63, 3.8) is 0 Å². The Morgan fingerprint density at radius 1 is 0.685 bits per heavy atom. The van der Waals surface area contributed by atoms with Crippen molar-refractivity contribution in [3.05, 3.63) is 48.6 Å². The molecule has 0 aliphatic heterocycles. The first-order valence-corrected chi connectivity index (χ1v) is 23.0. The van der Waals surface area contributed by atoms with Crippen LogP contribution in [0.15, 0.2) is 48.6 Å². The predicted molar refractivity (Wildman–Crippen MR) is 225 cm³/mol. The number of likely N-dealkylation sites (N-methyl/N-ethyl adjacent to an activating group) is 1. The fourth-order valence-corrected chi connectivity index (χ4v) is 6.60. The number of aliphatic hydroxyl groups is 2. The Morgan fingerprint density at radius 3 is 1.72 bits per heavy atom. The highest BCUT2D eigenvalue weighted by Crippen LogP contribution is 2.38. The molecule has 0 aromatic rings. The molecule has 0 fully saturated rings. The van der Waals surface area contributed by atoms with E-state index in [0.29, 0.717) is 23.9 Å². The van der Waals surface area contributed by atoms with Gasteiger partial charge in [0.1, 0.15) is 13.2 Å². The largest absolute Gasteiger partial charge is 0.756 e. The molecular formula is C44H83N2O7P. The molecule has 0 aliphatic carbocycles. The van der Waals surface area contributed by atoms with Crippen molar-refractivity contribution in [2.75, 3.05) is 40.9 Å². The monoisotopic (exact) mass is 783 g/mol. The van der Waals surface area contributed by atoms with Crippen LogP contribution < -0.4 is 10.2 Å². The van der Waals surface area contributed by atoms with Crippen molar-refractivity contribution in [2.45, 2.75) is 186 Å². The number of phosphoric ester groups is 1. The summed E-state index contributed by atoms with van der Waals surface area (Å²) >= 11 is 0. The topological polar surface area (TPSA) is 128 Å². The second-order valence-corrected chi connectivity index (χ2v) is 17.3. The van der Waals surface area contributed by atoms with Crippen molar-refractivity contribution in [1.82, 2.24) is 5.32 Å². The van der Waals surface area contributed by atoms with E-state index in [1.54, 1.807) is 0 Å². The third kappa shape index (κ3) is 37.3. The molecule has 10 heteroatoms. The van der Waals surface area contributed by atoms with Gasteiger partial charge in [-0.3, -0.25) is 9.36 Å². The number of hydrogen-bond acceptors (Lipinski definition) is 7. The third-order valence-corrected chi connectivity index (χ3v) is 10.4. The fraction of sp³-hybridized carbons (Fsp3) is 0.795. The molecule has 0 spiro atoms. The standard InChI is InChI=1S/C44H83N2O7P/c1-6-8-10-11-12-13-14-15-16-20-23-26-29-32-36-43(48)42(40-53-54(50,51)52-39-38-46(3,4)5)45-44(49)37-33-30-27-24-21-18-17-19-22-25-28-31-35-41(47)34-9-7-2/h17-18,22,24-25,27,31,35,41-43,47-48H,6-16,19-21,23,26,28-30,32-34,36-40H2,1-5H3,(H-,45,49,50,51)/b18-17-,25-22-,27-24-,35-31-/t41-,42+,43-/m1/s1. The van der Waals surface area contributed by atoms with E-state index in [9.17, 15) is 24.5 Å². The summed E-state index contributed by atoms with van der Waals surface area (Å²) in [5.41, 5.74) is 0. The maximum atomic E-state index is 12.8. The molecule has 1 amide bonds. The van der Waals surface area contributed by atoms with Gasteiger partial charge in [-0.05, 0) is 44.9 Å². The number of unbranched alkanes of at least 4 members (excludes halogenated alkanes) is 15. The highest BCUT2D eigenvalue weighted by Gasteiger charge is 2.24. The van der Waals surface area contributed by atoms with Gasteiger partial charge in [-0.1, -0.05) is 165 Å². The minimum atomic E-state index is -4.59. The highest BCUT2D eigenvalue weighted by atomic mass is 31.2. The minimum absolute atomic E-state index is 0.00711. The molecule has 0 aromatic heterocycles. The lowest BCUT2D eigenvalue weighted by molar-refractivity contribution is -0.870. The zero-order valence-corrected chi connectivity index (χ0v) is 36.2. The van der Waals surface area contributed by atoms with E-state index in [4.69, 9.17) is 9.05 Å².